The Morgan fingerprint density at radius 2 is 1.82 bits per heavy atom. The van der Waals surface area contributed by atoms with Crippen LogP contribution in [0.1, 0.15) is 0 Å². The number of halogens is 1. The van der Waals surface area contributed by atoms with Gasteiger partial charge in [-0.15, -0.1) is 0 Å². The molecule has 0 radical (unpaired) electrons. The van der Waals surface area contributed by atoms with Crippen molar-refractivity contribution in [1.82, 2.24) is 5.16 Å². The van der Waals surface area contributed by atoms with E-state index < -0.39 is 0 Å². The van der Waals surface area contributed by atoms with Crippen LogP contribution < -0.4 is 0 Å². The Balaban J connectivity index is 1.98. The first-order valence-corrected chi connectivity index (χ1v) is 5.47. The van der Waals surface area contributed by atoms with Crippen molar-refractivity contribution < 1.29 is 8.94 Å². The molecule has 84 valence electrons. The van der Waals surface area contributed by atoms with Gasteiger partial charge in [0, 0.05) is 16.7 Å². The molecule has 3 aromatic rings. The Hall–Kier alpha value is -2.00. The van der Waals surface area contributed by atoms with Crippen molar-refractivity contribution in [1.29, 1.82) is 0 Å². The summed E-state index contributed by atoms with van der Waals surface area (Å²) in [6, 6.07) is 12.9. The number of rotatable bonds is 2. The van der Waals surface area contributed by atoms with Gasteiger partial charge in [0.1, 0.15) is 5.69 Å². The van der Waals surface area contributed by atoms with E-state index in [1.807, 2.05) is 42.5 Å². The number of nitrogens with zero attached hydrogens (tertiary/aromatic N) is 1. The van der Waals surface area contributed by atoms with Crippen molar-refractivity contribution in [3.63, 3.8) is 0 Å². The maximum atomic E-state index is 5.82. The number of benzene rings is 1. The molecular formula is C13H8ClNO2. The molecular weight excluding hydrogens is 238 g/mol. The second kappa shape index (κ2) is 4.11. The molecule has 0 saturated carbocycles. The van der Waals surface area contributed by atoms with Crippen molar-refractivity contribution in [3.8, 4) is 22.8 Å². The normalized spacial score (nSPS) is 10.6. The van der Waals surface area contributed by atoms with Crippen LogP contribution in [0.4, 0.5) is 0 Å². The van der Waals surface area contributed by atoms with E-state index in [9.17, 15) is 0 Å². The van der Waals surface area contributed by atoms with Crippen molar-refractivity contribution in [2.75, 3.05) is 0 Å². The number of hydrogen-bond acceptors (Lipinski definition) is 3. The van der Waals surface area contributed by atoms with Gasteiger partial charge in [0.15, 0.2) is 11.5 Å². The summed E-state index contributed by atoms with van der Waals surface area (Å²) >= 11 is 5.82. The van der Waals surface area contributed by atoms with Crippen LogP contribution in [-0.2, 0) is 0 Å². The summed E-state index contributed by atoms with van der Waals surface area (Å²) in [5, 5.41) is 4.65. The molecule has 0 spiro atoms. The molecule has 0 aliphatic heterocycles. The topological polar surface area (TPSA) is 39.2 Å². The monoisotopic (exact) mass is 245 g/mol. The fourth-order valence-electron chi connectivity index (χ4n) is 1.57. The molecule has 4 heteroatoms. The maximum Gasteiger partial charge on any atom is 0.167 e. The highest BCUT2D eigenvalue weighted by molar-refractivity contribution is 6.30. The molecule has 17 heavy (non-hydrogen) atoms. The van der Waals surface area contributed by atoms with E-state index in [1.54, 1.807) is 6.26 Å². The minimum Gasteiger partial charge on any atom is -0.463 e. The van der Waals surface area contributed by atoms with Gasteiger partial charge >= 0.3 is 0 Å². The number of aromatic nitrogens is 1. The Morgan fingerprint density at radius 3 is 2.53 bits per heavy atom. The number of furan rings is 1. The molecule has 2 aromatic heterocycles. The zero-order chi connectivity index (χ0) is 11.7. The van der Waals surface area contributed by atoms with E-state index in [0.717, 1.165) is 5.56 Å². The van der Waals surface area contributed by atoms with E-state index in [0.29, 0.717) is 22.2 Å². The fourth-order valence-corrected chi connectivity index (χ4v) is 1.69. The summed E-state index contributed by atoms with van der Waals surface area (Å²) < 4.78 is 10.5. The van der Waals surface area contributed by atoms with Crippen molar-refractivity contribution in [2.24, 2.45) is 0 Å². The van der Waals surface area contributed by atoms with Crippen LogP contribution in [0.2, 0.25) is 5.02 Å². The molecule has 3 rings (SSSR count). The molecule has 0 unspecified atom stereocenters. The average Bonchev–Trinajstić information content (AvgIpc) is 3.00. The molecule has 0 atom stereocenters. The van der Waals surface area contributed by atoms with Crippen LogP contribution in [0, 0.1) is 0 Å². The van der Waals surface area contributed by atoms with Gasteiger partial charge in [0.05, 0.1) is 6.26 Å². The zero-order valence-corrected chi connectivity index (χ0v) is 9.52. The molecule has 0 fully saturated rings. The molecule has 0 N–H and O–H groups in total. The first-order valence-electron chi connectivity index (χ1n) is 5.09. The molecule has 0 bridgehead atoms. The number of hydrogen-bond donors (Lipinski definition) is 0. The largest absolute Gasteiger partial charge is 0.463 e. The SMILES string of the molecule is Clc1ccc(-c2cc(-c3ccco3)no2)cc1. The standard InChI is InChI=1S/C13H8ClNO2/c14-10-5-3-9(4-6-10)13-8-11(15-17-13)12-2-1-7-16-12/h1-8H. The third-order valence-corrected chi connectivity index (χ3v) is 2.66. The summed E-state index contributed by atoms with van der Waals surface area (Å²) in [6.07, 6.45) is 1.60. The lowest BCUT2D eigenvalue weighted by Crippen LogP contribution is -1.72. The summed E-state index contributed by atoms with van der Waals surface area (Å²) in [4.78, 5) is 0. The highest BCUT2D eigenvalue weighted by Gasteiger charge is 2.09. The lowest BCUT2D eigenvalue weighted by Gasteiger charge is -1.93. The predicted octanol–water partition coefficient (Wildman–Crippen LogP) is 4.26. The first-order chi connectivity index (χ1) is 8.33. The van der Waals surface area contributed by atoms with Crippen LogP contribution in [0.5, 0.6) is 0 Å². The molecule has 2 heterocycles. The third kappa shape index (κ3) is 1.97. The van der Waals surface area contributed by atoms with Crippen molar-refractivity contribution >= 4 is 11.6 Å². The summed E-state index contributed by atoms with van der Waals surface area (Å²) in [6.45, 7) is 0. The van der Waals surface area contributed by atoms with Crippen LogP contribution in [0.3, 0.4) is 0 Å². The second-order valence-electron chi connectivity index (χ2n) is 3.56. The molecule has 0 amide bonds. The Kier molecular flexibility index (Phi) is 2.46. The second-order valence-corrected chi connectivity index (χ2v) is 4.00. The van der Waals surface area contributed by atoms with Gasteiger partial charge in [-0.1, -0.05) is 16.8 Å². The zero-order valence-electron chi connectivity index (χ0n) is 8.76. The Labute approximate surface area is 103 Å². The van der Waals surface area contributed by atoms with E-state index in [1.165, 1.54) is 0 Å². The quantitative estimate of drug-likeness (QED) is 0.677. The van der Waals surface area contributed by atoms with E-state index in [-0.39, 0.29) is 0 Å². The van der Waals surface area contributed by atoms with Gasteiger partial charge < -0.3 is 8.94 Å². The minimum absolute atomic E-state index is 0.681. The highest BCUT2D eigenvalue weighted by Crippen LogP contribution is 2.26. The van der Waals surface area contributed by atoms with Crippen LogP contribution in [0.15, 0.2) is 57.7 Å². The Morgan fingerprint density at radius 1 is 1.00 bits per heavy atom. The molecule has 1 aromatic carbocycles. The fraction of sp³-hybridized carbons (Fsp3) is 0. The van der Waals surface area contributed by atoms with E-state index in [2.05, 4.69) is 5.16 Å². The van der Waals surface area contributed by atoms with E-state index >= 15 is 0 Å². The minimum atomic E-state index is 0.681. The lowest BCUT2D eigenvalue weighted by atomic mass is 10.1. The smallest absolute Gasteiger partial charge is 0.167 e. The molecule has 0 saturated heterocycles. The van der Waals surface area contributed by atoms with Gasteiger partial charge in [0.2, 0.25) is 0 Å². The van der Waals surface area contributed by atoms with Gasteiger partial charge in [-0.25, -0.2) is 0 Å². The van der Waals surface area contributed by atoms with Crippen LogP contribution in [0.25, 0.3) is 22.8 Å². The van der Waals surface area contributed by atoms with E-state index in [4.69, 9.17) is 20.5 Å². The summed E-state index contributed by atoms with van der Waals surface area (Å²) in [5.41, 5.74) is 1.61. The first kappa shape index (κ1) is 10.2. The summed E-state index contributed by atoms with van der Waals surface area (Å²) in [7, 11) is 0. The van der Waals surface area contributed by atoms with Gasteiger partial charge in [0.25, 0.3) is 0 Å². The van der Waals surface area contributed by atoms with Crippen LogP contribution >= 0.6 is 11.6 Å². The molecule has 0 aliphatic carbocycles. The van der Waals surface area contributed by atoms with Gasteiger partial charge in [-0.2, -0.15) is 0 Å². The third-order valence-electron chi connectivity index (χ3n) is 2.41. The summed E-state index contributed by atoms with van der Waals surface area (Å²) in [5.74, 6) is 1.38. The Bertz CT molecular complexity index is 611. The predicted molar refractivity (Wildman–Crippen MR) is 64.7 cm³/mol. The van der Waals surface area contributed by atoms with Gasteiger partial charge in [-0.3, -0.25) is 0 Å². The van der Waals surface area contributed by atoms with Gasteiger partial charge in [-0.05, 0) is 36.4 Å². The van der Waals surface area contributed by atoms with Crippen molar-refractivity contribution in [3.05, 3.63) is 53.8 Å². The maximum absolute atomic E-state index is 5.82. The lowest BCUT2D eigenvalue weighted by molar-refractivity contribution is 0.431. The van der Waals surface area contributed by atoms with Crippen molar-refractivity contribution in [2.45, 2.75) is 0 Å². The molecule has 0 aliphatic rings. The highest BCUT2D eigenvalue weighted by atomic mass is 35.5. The average molecular weight is 246 g/mol. The van der Waals surface area contributed by atoms with Crippen LogP contribution in [-0.4, -0.2) is 5.16 Å². The molecule has 3 nitrogen and oxygen atoms in total.